The molecule has 0 aliphatic heterocycles. The number of aryl methyl sites for hydroxylation is 1. The maximum absolute atomic E-state index is 11.8. The zero-order valence-corrected chi connectivity index (χ0v) is 13.7. The van der Waals surface area contributed by atoms with Gasteiger partial charge in [-0.15, -0.1) is 0 Å². The molecule has 124 valence electrons. The fourth-order valence-electron chi connectivity index (χ4n) is 3.29. The lowest BCUT2D eigenvalue weighted by atomic mass is 9.98. The number of ether oxygens (including phenoxy) is 1. The Hall–Kier alpha value is -1.81. The van der Waals surface area contributed by atoms with Gasteiger partial charge in [-0.25, -0.2) is 0 Å². The number of para-hydroxylation sites is 1. The number of carbonyl (C=O) groups excluding carboxylic acids is 1. The molecule has 0 saturated heterocycles. The van der Waals surface area contributed by atoms with Crippen LogP contribution in [-0.4, -0.2) is 29.7 Å². The maximum Gasteiger partial charge on any atom is 0.246 e. The second-order valence-corrected chi connectivity index (χ2v) is 6.34. The van der Waals surface area contributed by atoms with Crippen molar-refractivity contribution in [2.24, 2.45) is 0 Å². The van der Waals surface area contributed by atoms with Gasteiger partial charge < -0.3 is 14.6 Å². The summed E-state index contributed by atoms with van der Waals surface area (Å²) in [6, 6.07) is 10.5. The monoisotopic (exact) mass is 314 g/mol. The predicted octanol–water partition coefficient (Wildman–Crippen LogP) is 3.50. The Morgan fingerprint density at radius 2 is 2.00 bits per heavy atom. The summed E-state index contributed by atoms with van der Waals surface area (Å²) >= 11 is 0. The van der Waals surface area contributed by atoms with Gasteiger partial charge in [0.2, 0.25) is 5.91 Å². The molecule has 0 spiro atoms. The van der Waals surface area contributed by atoms with Crippen molar-refractivity contribution in [3.8, 4) is 0 Å². The van der Waals surface area contributed by atoms with E-state index >= 15 is 0 Å². The van der Waals surface area contributed by atoms with E-state index in [0.717, 1.165) is 25.8 Å². The highest BCUT2D eigenvalue weighted by Gasteiger charge is 2.14. The standard InChI is InChI=1S/C19H26N2O2/c22-19(15-23-17-8-2-1-3-9-17)20-12-6-13-21-14-11-16-7-4-5-10-18(16)21/h4-5,7,10-11,14,17H,1-3,6,8-9,12-13,15H2,(H,20,22). The van der Waals surface area contributed by atoms with Crippen LogP contribution in [0.2, 0.25) is 0 Å². The first kappa shape index (κ1) is 16.1. The summed E-state index contributed by atoms with van der Waals surface area (Å²) in [4.78, 5) is 11.8. The van der Waals surface area contributed by atoms with Gasteiger partial charge >= 0.3 is 0 Å². The maximum atomic E-state index is 11.8. The first-order chi connectivity index (χ1) is 11.3. The quantitative estimate of drug-likeness (QED) is 0.795. The summed E-state index contributed by atoms with van der Waals surface area (Å²) in [5, 5.41) is 4.22. The van der Waals surface area contributed by atoms with E-state index in [4.69, 9.17) is 4.74 Å². The Balaban J connectivity index is 1.34. The zero-order chi connectivity index (χ0) is 15.9. The number of hydrogen-bond acceptors (Lipinski definition) is 2. The molecule has 4 nitrogen and oxygen atoms in total. The van der Waals surface area contributed by atoms with Crippen LogP contribution in [-0.2, 0) is 16.1 Å². The van der Waals surface area contributed by atoms with Crippen LogP contribution in [0.1, 0.15) is 38.5 Å². The van der Waals surface area contributed by atoms with Crippen molar-refractivity contribution in [3.05, 3.63) is 36.5 Å². The molecular formula is C19H26N2O2. The SMILES string of the molecule is O=C(COC1CCCCC1)NCCCn1ccc2ccccc21. The number of nitrogens with zero attached hydrogens (tertiary/aromatic N) is 1. The van der Waals surface area contributed by atoms with E-state index in [1.165, 1.54) is 30.2 Å². The largest absolute Gasteiger partial charge is 0.368 e. The fraction of sp³-hybridized carbons (Fsp3) is 0.526. The van der Waals surface area contributed by atoms with E-state index in [1.807, 2.05) is 0 Å². The Kier molecular flexibility index (Phi) is 5.70. The molecule has 1 fully saturated rings. The van der Waals surface area contributed by atoms with Gasteiger partial charge in [-0.05, 0) is 36.8 Å². The number of rotatable bonds is 7. The van der Waals surface area contributed by atoms with Gasteiger partial charge in [-0.3, -0.25) is 4.79 Å². The molecule has 1 amide bonds. The number of nitrogens with one attached hydrogen (secondary N) is 1. The van der Waals surface area contributed by atoms with Gasteiger partial charge in [0.1, 0.15) is 6.61 Å². The summed E-state index contributed by atoms with van der Waals surface area (Å²) in [5.41, 5.74) is 1.25. The lowest BCUT2D eigenvalue weighted by Crippen LogP contribution is -2.31. The Morgan fingerprint density at radius 3 is 2.87 bits per heavy atom. The first-order valence-electron chi connectivity index (χ1n) is 8.75. The van der Waals surface area contributed by atoms with E-state index in [-0.39, 0.29) is 12.5 Å². The summed E-state index contributed by atoms with van der Waals surface area (Å²) in [6.45, 7) is 1.81. The van der Waals surface area contributed by atoms with E-state index in [2.05, 4.69) is 46.4 Å². The lowest BCUT2D eigenvalue weighted by molar-refractivity contribution is -0.128. The minimum atomic E-state index is 0.00735. The topological polar surface area (TPSA) is 43.3 Å². The molecule has 1 N–H and O–H groups in total. The smallest absolute Gasteiger partial charge is 0.246 e. The molecule has 1 aromatic carbocycles. The second kappa shape index (κ2) is 8.16. The number of aromatic nitrogens is 1. The van der Waals surface area contributed by atoms with Crippen molar-refractivity contribution in [3.63, 3.8) is 0 Å². The molecule has 4 heteroatoms. The van der Waals surface area contributed by atoms with Crippen LogP contribution in [0, 0.1) is 0 Å². The highest BCUT2D eigenvalue weighted by molar-refractivity contribution is 5.80. The number of carbonyl (C=O) groups is 1. The predicted molar refractivity (Wildman–Crippen MR) is 92.4 cm³/mol. The number of fused-ring (bicyclic) bond motifs is 1. The Bertz CT molecular complexity index is 629. The van der Waals surface area contributed by atoms with Gasteiger partial charge in [0.15, 0.2) is 0 Å². The molecule has 0 bridgehead atoms. The molecule has 2 aromatic rings. The summed E-state index contributed by atoms with van der Waals surface area (Å²) in [7, 11) is 0. The number of benzene rings is 1. The molecule has 1 aliphatic rings. The van der Waals surface area contributed by atoms with Crippen LogP contribution in [0.5, 0.6) is 0 Å². The van der Waals surface area contributed by atoms with Gasteiger partial charge in [0, 0.05) is 24.8 Å². The third-order valence-corrected chi connectivity index (χ3v) is 4.58. The highest BCUT2D eigenvalue weighted by atomic mass is 16.5. The Morgan fingerprint density at radius 1 is 1.17 bits per heavy atom. The summed E-state index contributed by atoms with van der Waals surface area (Å²) in [5.74, 6) is 0.00735. The van der Waals surface area contributed by atoms with Crippen molar-refractivity contribution in [2.75, 3.05) is 13.2 Å². The fourth-order valence-corrected chi connectivity index (χ4v) is 3.29. The van der Waals surface area contributed by atoms with Crippen LogP contribution in [0.3, 0.4) is 0 Å². The van der Waals surface area contributed by atoms with Crippen LogP contribution in [0.15, 0.2) is 36.5 Å². The third-order valence-electron chi connectivity index (χ3n) is 4.58. The molecule has 1 aliphatic carbocycles. The van der Waals surface area contributed by atoms with E-state index in [9.17, 15) is 4.79 Å². The van der Waals surface area contributed by atoms with E-state index < -0.39 is 0 Å². The normalized spacial score (nSPS) is 15.8. The molecule has 1 saturated carbocycles. The molecule has 0 atom stereocenters. The van der Waals surface area contributed by atoms with Crippen molar-refractivity contribution < 1.29 is 9.53 Å². The van der Waals surface area contributed by atoms with Crippen LogP contribution >= 0.6 is 0 Å². The third kappa shape index (κ3) is 4.58. The van der Waals surface area contributed by atoms with Crippen LogP contribution in [0.25, 0.3) is 10.9 Å². The van der Waals surface area contributed by atoms with Crippen molar-refractivity contribution >= 4 is 16.8 Å². The number of amides is 1. The minimum absolute atomic E-state index is 0.00735. The van der Waals surface area contributed by atoms with E-state index in [0.29, 0.717) is 12.6 Å². The van der Waals surface area contributed by atoms with E-state index in [1.54, 1.807) is 0 Å². The number of hydrogen-bond donors (Lipinski definition) is 1. The molecule has 0 radical (unpaired) electrons. The van der Waals surface area contributed by atoms with Crippen LogP contribution < -0.4 is 5.32 Å². The molecule has 1 heterocycles. The average Bonchev–Trinajstić information content (AvgIpc) is 3.01. The van der Waals surface area contributed by atoms with Gasteiger partial charge in [0.05, 0.1) is 6.10 Å². The van der Waals surface area contributed by atoms with Crippen molar-refractivity contribution in [1.82, 2.24) is 9.88 Å². The summed E-state index contributed by atoms with van der Waals surface area (Å²) < 4.78 is 7.92. The highest BCUT2D eigenvalue weighted by Crippen LogP contribution is 2.20. The summed E-state index contributed by atoms with van der Waals surface area (Å²) in [6.07, 6.45) is 9.31. The Labute approximate surface area is 137 Å². The minimum Gasteiger partial charge on any atom is -0.368 e. The lowest BCUT2D eigenvalue weighted by Gasteiger charge is -2.21. The molecule has 23 heavy (non-hydrogen) atoms. The molecule has 3 rings (SSSR count). The van der Waals surface area contributed by atoms with Gasteiger partial charge in [0.25, 0.3) is 0 Å². The zero-order valence-electron chi connectivity index (χ0n) is 13.7. The van der Waals surface area contributed by atoms with Crippen molar-refractivity contribution in [1.29, 1.82) is 0 Å². The second-order valence-electron chi connectivity index (χ2n) is 6.34. The van der Waals surface area contributed by atoms with Gasteiger partial charge in [-0.1, -0.05) is 37.5 Å². The van der Waals surface area contributed by atoms with Gasteiger partial charge in [-0.2, -0.15) is 0 Å². The van der Waals surface area contributed by atoms with Crippen LogP contribution in [0.4, 0.5) is 0 Å². The first-order valence-corrected chi connectivity index (χ1v) is 8.75. The molecule has 1 aromatic heterocycles. The van der Waals surface area contributed by atoms with Crippen molar-refractivity contribution in [2.45, 2.75) is 51.2 Å². The average molecular weight is 314 g/mol. The molecular weight excluding hydrogens is 288 g/mol. The molecule has 0 unspecified atom stereocenters.